The average Bonchev–Trinajstić information content (AvgIpc) is 2.19. The minimum atomic E-state index is 0.0449. The van der Waals surface area contributed by atoms with Gasteiger partial charge in [-0.3, -0.25) is 0 Å². The molecule has 0 aromatic heterocycles. The molecule has 0 radical (unpaired) electrons. The Morgan fingerprint density at radius 3 is 2.71 bits per heavy atom. The lowest BCUT2D eigenvalue weighted by Gasteiger charge is -2.05. The van der Waals surface area contributed by atoms with Gasteiger partial charge in [0.1, 0.15) is 0 Å². The molecule has 0 unspecified atom stereocenters. The lowest BCUT2D eigenvalue weighted by atomic mass is 10.2. The van der Waals surface area contributed by atoms with Crippen LogP contribution in [-0.2, 0) is 11.2 Å². The van der Waals surface area contributed by atoms with Crippen LogP contribution in [0.1, 0.15) is 5.56 Å². The molecule has 4 heteroatoms. The third-order valence-electron chi connectivity index (χ3n) is 1.78. The molecule has 78 valence electrons. The number of hydrogen-bond donors (Lipinski definition) is 1. The van der Waals surface area contributed by atoms with Gasteiger partial charge in [-0.1, -0.05) is 35.3 Å². The Bertz CT molecular complexity index is 289. The van der Waals surface area contributed by atoms with Crippen molar-refractivity contribution < 1.29 is 9.84 Å². The van der Waals surface area contributed by atoms with Crippen LogP contribution in [0.3, 0.4) is 0 Å². The zero-order valence-corrected chi connectivity index (χ0v) is 9.18. The molecule has 1 rings (SSSR count). The maximum absolute atomic E-state index is 8.49. The molecule has 0 aliphatic rings. The first kappa shape index (κ1) is 11.8. The van der Waals surface area contributed by atoms with Gasteiger partial charge in [-0.05, 0) is 18.1 Å². The minimum absolute atomic E-state index is 0.0449. The van der Waals surface area contributed by atoms with Crippen LogP contribution < -0.4 is 0 Å². The molecule has 14 heavy (non-hydrogen) atoms. The molecule has 0 fully saturated rings. The van der Waals surface area contributed by atoms with E-state index in [4.69, 9.17) is 33.0 Å². The maximum Gasteiger partial charge on any atom is 0.0697 e. The Morgan fingerprint density at radius 2 is 2.00 bits per heavy atom. The van der Waals surface area contributed by atoms with Gasteiger partial charge < -0.3 is 9.84 Å². The lowest BCUT2D eigenvalue weighted by molar-refractivity contribution is 0.0944. The van der Waals surface area contributed by atoms with Crippen molar-refractivity contribution in [1.82, 2.24) is 0 Å². The second-order valence-corrected chi connectivity index (χ2v) is 3.58. The van der Waals surface area contributed by atoms with Gasteiger partial charge in [0.15, 0.2) is 0 Å². The summed E-state index contributed by atoms with van der Waals surface area (Å²) in [6.45, 7) is 0.947. The highest BCUT2D eigenvalue weighted by atomic mass is 35.5. The summed E-state index contributed by atoms with van der Waals surface area (Å²) in [6, 6.07) is 5.52. The fraction of sp³-hybridized carbons (Fsp3) is 0.400. The Hall–Kier alpha value is -0.280. The van der Waals surface area contributed by atoms with Gasteiger partial charge in [0.05, 0.1) is 29.9 Å². The van der Waals surface area contributed by atoms with E-state index in [9.17, 15) is 0 Å². The van der Waals surface area contributed by atoms with Crippen LogP contribution in [0.15, 0.2) is 18.2 Å². The quantitative estimate of drug-likeness (QED) is 0.794. The molecule has 0 amide bonds. The SMILES string of the molecule is OCCOCCc1cccc(Cl)c1Cl. The van der Waals surface area contributed by atoms with Crippen molar-refractivity contribution in [3.8, 4) is 0 Å². The number of rotatable bonds is 5. The normalized spacial score (nSPS) is 10.5. The van der Waals surface area contributed by atoms with Gasteiger partial charge in [-0.15, -0.1) is 0 Å². The third-order valence-corrected chi connectivity index (χ3v) is 2.64. The van der Waals surface area contributed by atoms with Crippen molar-refractivity contribution >= 4 is 23.2 Å². The van der Waals surface area contributed by atoms with Crippen LogP contribution in [0.5, 0.6) is 0 Å². The summed E-state index contributed by atoms with van der Waals surface area (Å²) in [4.78, 5) is 0. The number of aliphatic hydroxyl groups excluding tert-OH is 1. The Balaban J connectivity index is 2.46. The predicted octanol–water partition coefficient (Wildman–Crippen LogP) is 2.54. The molecule has 0 aliphatic carbocycles. The van der Waals surface area contributed by atoms with E-state index in [1.54, 1.807) is 6.07 Å². The van der Waals surface area contributed by atoms with Crippen LogP contribution in [0.4, 0.5) is 0 Å². The first-order valence-corrected chi connectivity index (χ1v) is 5.13. The van der Waals surface area contributed by atoms with Gasteiger partial charge >= 0.3 is 0 Å². The van der Waals surface area contributed by atoms with E-state index in [1.165, 1.54) is 0 Å². The summed E-state index contributed by atoms with van der Waals surface area (Å²) in [5.74, 6) is 0. The fourth-order valence-corrected chi connectivity index (χ4v) is 1.50. The van der Waals surface area contributed by atoms with Crippen LogP contribution in [-0.4, -0.2) is 24.9 Å². The highest BCUT2D eigenvalue weighted by Gasteiger charge is 2.03. The topological polar surface area (TPSA) is 29.5 Å². The van der Waals surface area contributed by atoms with E-state index in [1.807, 2.05) is 12.1 Å². The molecule has 0 spiro atoms. The minimum Gasteiger partial charge on any atom is -0.394 e. The van der Waals surface area contributed by atoms with E-state index in [0.29, 0.717) is 29.7 Å². The standard InChI is InChI=1S/C10H12Cl2O2/c11-9-3-1-2-8(10(9)12)4-6-14-7-5-13/h1-3,13H,4-7H2. The summed E-state index contributed by atoms with van der Waals surface area (Å²) in [7, 11) is 0. The third kappa shape index (κ3) is 3.46. The first-order chi connectivity index (χ1) is 6.75. The molecule has 0 saturated heterocycles. The van der Waals surface area contributed by atoms with Gasteiger partial charge in [0.2, 0.25) is 0 Å². The van der Waals surface area contributed by atoms with Crippen molar-refractivity contribution in [2.45, 2.75) is 6.42 Å². The van der Waals surface area contributed by atoms with Crippen LogP contribution in [0.2, 0.25) is 10.0 Å². The van der Waals surface area contributed by atoms with Gasteiger partial charge in [0, 0.05) is 0 Å². The second-order valence-electron chi connectivity index (χ2n) is 2.80. The highest BCUT2D eigenvalue weighted by Crippen LogP contribution is 2.25. The Kier molecular flexibility index (Phi) is 5.26. The molecule has 1 N–H and O–H groups in total. The lowest BCUT2D eigenvalue weighted by Crippen LogP contribution is -2.03. The summed E-state index contributed by atoms with van der Waals surface area (Å²) in [5.41, 5.74) is 0.970. The predicted molar refractivity (Wildman–Crippen MR) is 58.1 cm³/mol. The maximum atomic E-state index is 8.49. The Labute approximate surface area is 93.4 Å². The van der Waals surface area contributed by atoms with E-state index in [2.05, 4.69) is 0 Å². The molecule has 0 aliphatic heterocycles. The number of halogens is 2. The molecule has 0 heterocycles. The highest BCUT2D eigenvalue weighted by molar-refractivity contribution is 6.42. The Morgan fingerprint density at radius 1 is 1.21 bits per heavy atom. The van der Waals surface area contributed by atoms with Crippen molar-refractivity contribution in [2.75, 3.05) is 19.8 Å². The zero-order chi connectivity index (χ0) is 10.4. The molecule has 1 aromatic carbocycles. The number of aliphatic hydroxyl groups is 1. The molecule has 0 saturated carbocycles. The largest absolute Gasteiger partial charge is 0.394 e. The van der Waals surface area contributed by atoms with E-state index >= 15 is 0 Å². The average molecular weight is 235 g/mol. The van der Waals surface area contributed by atoms with E-state index in [-0.39, 0.29) is 6.61 Å². The molecule has 0 atom stereocenters. The number of hydrogen-bond acceptors (Lipinski definition) is 2. The summed E-state index contributed by atoms with van der Waals surface area (Å²) >= 11 is 11.8. The number of benzene rings is 1. The molecule has 2 nitrogen and oxygen atoms in total. The van der Waals surface area contributed by atoms with Crippen LogP contribution >= 0.6 is 23.2 Å². The zero-order valence-electron chi connectivity index (χ0n) is 7.67. The monoisotopic (exact) mass is 234 g/mol. The molecular formula is C10H12Cl2O2. The number of ether oxygens (including phenoxy) is 1. The van der Waals surface area contributed by atoms with Gasteiger partial charge in [0.25, 0.3) is 0 Å². The summed E-state index contributed by atoms with van der Waals surface area (Å²) in [6.07, 6.45) is 0.708. The molecule has 1 aromatic rings. The van der Waals surface area contributed by atoms with Crippen LogP contribution in [0, 0.1) is 0 Å². The van der Waals surface area contributed by atoms with Crippen molar-refractivity contribution in [1.29, 1.82) is 0 Å². The molecular weight excluding hydrogens is 223 g/mol. The van der Waals surface area contributed by atoms with Crippen molar-refractivity contribution in [3.05, 3.63) is 33.8 Å². The van der Waals surface area contributed by atoms with Gasteiger partial charge in [-0.25, -0.2) is 0 Å². The summed E-state index contributed by atoms with van der Waals surface area (Å²) < 4.78 is 5.13. The van der Waals surface area contributed by atoms with E-state index < -0.39 is 0 Å². The van der Waals surface area contributed by atoms with Crippen LogP contribution in [0.25, 0.3) is 0 Å². The van der Waals surface area contributed by atoms with E-state index in [0.717, 1.165) is 5.56 Å². The second kappa shape index (κ2) is 6.25. The molecule has 0 bridgehead atoms. The van der Waals surface area contributed by atoms with Crippen molar-refractivity contribution in [3.63, 3.8) is 0 Å². The first-order valence-electron chi connectivity index (χ1n) is 4.37. The van der Waals surface area contributed by atoms with Gasteiger partial charge in [-0.2, -0.15) is 0 Å². The smallest absolute Gasteiger partial charge is 0.0697 e. The summed E-state index contributed by atoms with van der Waals surface area (Å²) in [5, 5.41) is 9.64. The van der Waals surface area contributed by atoms with Crippen molar-refractivity contribution in [2.24, 2.45) is 0 Å². The fourth-order valence-electron chi connectivity index (χ4n) is 1.09.